The van der Waals surface area contributed by atoms with E-state index in [4.69, 9.17) is 15.5 Å². The van der Waals surface area contributed by atoms with Gasteiger partial charge < -0.3 is 15.3 Å². The molecule has 1 aliphatic rings. The molecule has 35 heavy (non-hydrogen) atoms. The van der Waals surface area contributed by atoms with Crippen LogP contribution in [0.15, 0.2) is 36.7 Å². The molecule has 3 aromatic rings. The highest BCUT2D eigenvalue weighted by molar-refractivity contribution is 5.91. The van der Waals surface area contributed by atoms with E-state index in [1.165, 1.54) is 5.56 Å². The molecule has 7 heteroatoms. The molecule has 2 atom stereocenters. The minimum Gasteiger partial charge on any atom is -0.459 e. The summed E-state index contributed by atoms with van der Waals surface area (Å²) in [5.41, 5.74) is 9.32. The Hall–Kier alpha value is -3.06. The number of benzene rings is 1. The number of rotatable bonds is 9. The number of fused-ring (bicyclic) bond motifs is 1. The molecule has 0 spiro atoms. The lowest BCUT2D eigenvalue weighted by atomic mass is 9.83. The Morgan fingerprint density at radius 1 is 1.20 bits per heavy atom. The van der Waals surface area contributed by atoms with Crippen LogP contribution in [0, 0.1) is 0 Å². The zero-order valence-electron chi connectivity index (χ0n) is 21.4. The van der Waals surface area contributed by atoms with Crippen LogP contribution in [-0.2, 0) is 19.7 Å². The number of ether oxygens (including phenoxy) is 1. The summed E-state index contributed by atoms with van der Waals surface area (Å²) >= 11 is 0. The Kier molecular flexibility index (Phi) is 6.82. The molecule has 1 aliphatic carbocycles. The molecule has 2 aromatic heterocycles. The van der Waals surface area contributed by atoms with Gasteiger partial charge in [0.25, 0.3) is 0 Å². The van der Waals surface area contributed by atoms with Gasteiger partial charge in [0, 0.05) is 23.7 Å². The van der Waals surface area contributed by atoms with Crippen LogP contribution in [-0.4, -0.2) is 39.2 Å². The molecule has 186 valence electrons. The molecule has 2 unspecified atom stereocenters. The second kappa shape index (κ2) is 9.53. The lowest BCUT2D eigenvalue weighted by Crippen LogP contribution is -2.44. The molecule has 0 radical (unpaired) electrons. The van der Waals surface area contributed by atoms with Crippen LogP contribution in [0.1, 0.15) is 83.4 Å². The smallest absolute Gasteiger partial charge is 0.318 e. The van der Waals surface area contributed by atoms with Crippen molar-refractivity contribution in [3.8, 4) is 11.3 Å². The quantitative estimate of drug-likeness (QED) is 0.342. The molecule has 2 N–H and O–H groups in total. The van der Waals surface area contributed by atoms with E-state index in [0.717, 1.165) is 59.7 Å². The van der Waals surface area contributed by atoms with Crippen molar-refractivity contribution in [3.63, 3.8) is 0 Å². The zero-order valence-corrected chi connectivity index (χ0v) is 21.4. The first-order valence-corrected chi connectivity index (χ1v) is 12.5. The third kappa shape index (κ3) is 4.87. The largest absolute Gasteiger partial charge is 0.459 e. The highest BCUT2D eigenvalue weighted by atomic mass is 16.6. The first-order chi connectivity index (χ1) is 16.6. The normalized spacial score (nSPS) is 16.6. The standard InChI is InChI=1S/C28H36N4O3/c1-6-7-20(16-33)32-24-13-11-21(25(18-8-9-18)22(24)15-31-32)23-12-10-19(14-30-23)28(5,17-29)26(34)35-27(2,3)4/h10-16,18,20H,6-9,17,29H2,1-5H3. The molecule has 0 amide bonds. The number of hydrogen-bond donors (Lipinski definition) is 1. The summed E-state index contributed by atoms with van der Waals surface area (Å²) in [7, 11) is 0. The highest BCUT2D eigenvalue weighted by Gasteiger charge is 2.38. The molecule has 7 nitrogen and oxygen atoms in total. The number of hydrogen-bond acceptors (Lipinski definition) is 6. The monoisotopic (exact) mass is 476 g/mol. The Labute approximate surface area is 207 Å². The van der Waals surface area contributed by atoms with Crippen LogP contribution in [0.3, 0.4) is 0 Å². The third-order valence-corrected chi connectivity index (χ3v) is 6.80. The van der Waals surface area contributed by atoms with Gasteiger partial charge in [-0.05, 0) is 76.1 Å². The fourth-order valence-corrected chi connectivity index (χ4v) is 4.58. The van der Waals surface area contributed by atoms with E-state index in [0.29, 0.717) is 5.92 Å². The molecular weight excluding hydrogens is 440 g/mol. The maximum Gasteiger partial charge on any atom is 0.318 e. The average Bonchev–Trinajstić information content (AvgIpc) is 3.59. The maximum atomic E-state index is 12.9. The molecule has 1 aromatic carbocycles. The van der Waals surface area contributed by atoms with Gasteiger partial charge in [-0.2, -0.15) is 5.10 Å². The Morgan fingerprint density at radius 3 is 2.49 bits per heavy atom. The Bertz CT molecular complexity index is 1220. The molecule has 0 aliphatic heterocycles. The molecule has 1 saturated carbocycles. The third-order valence-electron chi connectivity index (χ3n) is 6.80. The fourth-order valence-electron chi connectivity index (χ4n) is 4.58. The predicted molar refractivity (Wildman–Crippen MR) is 137 cm³/mol. The molecule has 4 rings (SSSR count). The number of nitrogens with two attached hydrogens (primary N) is 1. The van der Waals surface area contributed by atoms with Crippen molar-refractivity contribution in [2.75, 3.05) is 6.54 Å². The average molecular weight is 477 g/mol. The fraction of sp³-hybridized carbons (Fsp3) is 0.500. The van der Waals surface area contributed by atoms with Crippen molar-refractivity contribution in [1.29, 1.82) is 0 Å². The first-order valence-electron chi connectivity index (χ1n) is 12.5. The molecule has 0 bridgehead atoms. The second-order valence-electron chi connectivity index (χ2n) is 10.8. The van der Waals surface area contributed by atoms with Gasteiger partial charge in [0.05, 0.1) is 17.4 Å². The number of carbonyl (C=O) groups is 2. The van der Waals surface area contributed by atoms with Gasteiger partial charge in [-0.25, -0.2) is 0 Å². The van der Waals surface area contributed by atoms with Gasteiger partial charge in [-0.1, -0.05) is 25.5 Å². The number of aldehydes is 1. The van der Waals surface area contributed by atoms with Crippen molar-refractivity contribution in [2.24, 2.45) is 5.73 Å². The van der Waals surface area contributed by atoms with Crippen LogP contribution < -0.4 is 5.73 Å². The molecule has 1 fully saturated rings. The van der Waals surface area contributed by atoms with E-state index in [1.54, 1.807) is 13.1 Å². The first kappa shape index (κ1) is 25.0. The van der Waals surface area contributed by atoms with E-state index in [-0.39, 0.29) is 18.6 Å². The summed E-state index contributed by atoms with van der Waals surface area (Å²) < 4.78 is 7.49. The van der Waals surface area contributed by atoms with E-state index >= 15 is 0 Å². The van der Waals surface area contributed by atoms with Gasteiger partial charge in [0.15, 0.2) is 0 Å². The van der Waals surface area contributed by atoms with E-state index in [2.05, 4.69) is 18.1 Å². The van der Waals surface area contributed by atoms with Crippen LogP contribution in [0.2, 0.25) is 0 Å². The summed E-state index contributed by atoms with van der Waals surface area (Å²) in [5, 5.41) is 5.68. The van der Waals surface area contributed by atoms with E-state index in [9.17, 15) is 9.59 Å². The molecule has 0 saturated heterocycles. The van der Waals surface area contributed by atoms with Gasteiger partial charge in [0.2, 0.25) is 0 Å². The van der Waals surface area contributed by atoms with Crippen molar-refractivity contribution in [2.45, 2.75) is 83.3 Å². The summed E-state index contributed by atoms with van der Waals surface area (Å²) in [6.07, 6.45) is 8.55. The predicted octanol–water partition coefficient (Wildman–Crippen LogP) is 5.07. The number of nitrogens with zero attached hydrogens (tertiary/aromatic N) is 3. The van der Waals surface area contributed by atoms with Gasteiger partial charge in [-0.15, -0.1) is 0 Å². The molecule has 2 heterocycles. The van der Waals surface area contributed by atoms with Crippen LogP contribution in [0.25, 0.3) is 22.2 Å². The zero-order chi connectivity index (χ0) is 25.4. The van der Waals surface area contributed by atoms with Crippen molar-refractivity contribution in [3.05, 3.63) is 47.8 Å². The van der Waals surface area contributed by atoms with E-state index < -0.39 is 11.0 Å². The summed E-state index contributed by atoms with van der Waals surface area (Å²) in [6, 6.07) is 7.74. The lowest BCUT2D eigenvalue weighted by molar-refractivity contribution is -0.161. The van der Waals surface area contributed by atoms with Crippen LogP contribution in [0.4, 0.5) is 0 Å². The summed E-state index contributed by atoms with van der Waals surface area (Å²) in [6.45, 7) is 9.54. The minimum absolute atomic E-state index is 0.122. The Morgan fingerprint density at radius 2 is 1.94 bits per heavy atom. The van der Waals surface area contributed by atoms with Crippen molar-refractivity contribution in [1.82, 2.24) is 14.8 Å². The summed E-state index contributed by atoms with van der Waals surface area (Å²) in [5.74, 6) is 0.108. The number of pyridine rings is 1. The topological polar surface area (TPSA) is 100 Å². The molecular formula is C28H36N4O3. The number of carbonyl (C=O) groups excluding carboxylic acids is 2. The van der Waals surface area contributed by atoms with Crippen molar-refractivity contribution < 1.29 is 14.3 Å². The SMILES string of the molecule is CCCC(C=O)n1ncc2c(C3CC3)c(-c3ccc(C(C)(CN)C(=O)OC(C)(C)C)cn3)ccc21. The van der Waals surface area contributed by atoms with Crippen LogP contribution in [0.5, 0.6) is 0 Å². The van der Waals surface area contributed by atoms with Gasteiger partial charge in [0.1, 0.15) is 23.3 Å². The number of aromatic nitrogens is 3. The summed E-state index contributed by atoms with van der Waals surface area (Å²) in [4.78, 5) is 29.4. The van der Waals surface area contributed by atoms with Crippen LogP contribution >= 0.6 is 0 Å². The van der Waals surface area contributed by atoms with Crippen molar-refractivity contribution >= 4 is 23.2 Å². The highest BCUT2D eigenvalue weighted by Crippen LogP contribution is 2.47. The van der Waals surface area contributed by atoms with Gasteiger partial charge in [-0.3, -0.25) is 14.5 Å². The number of esters is 1. The maximum absolute atomic E-state index is 12.9. The Balaban J connectivity index is 1.73. The second-order valence-corrected chi connectivity index (χ2v) is 10.8. The van der Waals surface area contributed by atoms with Gasteiger partial charge >= 0.3 is 5.97 Å². The lowest BCUT2D eigenvalue weighted by Gasteiger charge is -2.30. The minimum atomic E-state index is -0.980. The van der Waals surface area contributed by atoms with E-state index in [1.807, 2.05) is 49.8 Å².